The average molecular weight is 693 g/mol. The molecule has 6 nitrogen and oxygen atoms in total. The SMILES string of the molecule is CCOC(=O)/C=C/C#Cc1ccc([C@H]2C[C@@]3(C)[C@@H](CC[C@@]3(O)C(F)(F)C(F)(F)F)[C@@H]3CC[C@@]4(O)CC5(CCC4=C32)OCC(C)(C)CO5)cc1. The fraction of sp³-hybridized carbons (Fsp3) is 0.658. The van der Waals surface area contributed by atoms with E-state index < -0.39 is 64.6 Å². The first-order chi connectivity index (χ1) is 22.8. The normalized spacial score (nSPS) is 35.3. The highest BCUT2D eigenvalue weighted by Crippen LogP contribution is 2.71. The zero-order chi connectivity index (χ0) is 35.7. The molecule has 1 aliphatic heterocycles. The molecule has 11 heteroatoms. The third-order valence-corrected chi connectivity index (χ3v) is 12.0. The summed E-state index contributed by atoms with van der Waals surface area (Å²) >= 11 is 0. The van der Waals surface area contributed by atoms with E-state index in [-0.39, 0.29) is 37.7 Å². The van der Waals surface area contributed by atoms with Crippen molar-refractivity contribution in [2.24, 2.45) is 22.7 Å². The van der Waals surface area contributed by atoms with Crippen molar-refractivity contribution >= 4 is 5.97 Å². The molecule has 6 atom stereocenters. The molecule has 0 bridgehead atoms. The van der Waals surface area contributed by atoms with Crippen LogP contribution in [-0.4, -0.2) is 65.1 Å². The number of alkyl halides is 5. The Hall–Kier alpha value is -2.78. The van der Waals surface area contributed by atoms with Gasteiger partial charge in [0.25, 0.3) is 0 Å². The van der Waals surface area contributed by atoms with Gasteiger partial charge in [-0.2, -0.15) is 22.0 Å². The lowest BCUT2D eigenvalue weighted by Gasteiger charge is -2.59. The van der Waals surface area contributed by atoms with Crippen LogP contribution >= 0.6 is 0 Å². The van der Waals surface area contributed by atoms with Crippen LogP contribution in [0.1, 0.15) is 96.1 Å². The molecule has 0 aromatic heterocycles. The minimum absolute atomic E-state index is 0.0182. The minimum atomic E-state index is -5.92. The van der Waals surface area contributed by atoms with Gasteiger partial charge < -0.3 is 24.4 Å². The lowest BCUT2D eigenvalue weighted by atomic mass is 9.49. The van der Waals surface area contributed by atoms with E-state index >= 15 is 8.78 Å². The Morgan fingerprint density at radius 3 is 2.33 bits per heavy atom. The fourth-order valence-corrected chi connectivity index (χ4v) is 9.53. The van der Waals surface area contributed by atoms with Gasteiger partial charge in [0.1, 0.15) is 5.60 Å². The van der Waals surface area contributed by atoms with Crippen LogP contribution in [0.15, 0.2) is 47.6 Å². The van der Waals surface area contributed by atoms with Crippen LogP contribution in [0.25, 0.3) is 0 Å². The van der Waals surface area contributed by atoms with Crippen LogP contribution < -0.4 is 0 Å². The van der Waals surface area contributed by atoms with Gasteiger partial charge in [0, 0.05) is 41.2 Å². The first-order valence-corrected chi connectivity index (χ1v) is 17.2. The quantitative estimate of drug-likeness (QED) is 0.113. The van der Waals surface area contributed by atoms with E-state index in [1.807, 2.05) is 13.8 Å². The number of halogens is 5. The summed E-state index contributed by atoms with van der Waals surface area (Å²) in [7, 11) is 0. The molecule has 2 N–H and O–H groups in total. The van der Waals surface area contributed by atoms with Crippen LogP contribution in [0.3, 0.4) is 0 Å². The van der Waals surface area contributed by atoms with Gasteiger partial charge in [0.2, 0.25) is 0 Å². The second-order valence-corrected chi connectivity index (χ2v) is 15.7. The van der Waals surface area contributed by atoms with Crippen molar-refractivity contribution in [1.29, 1.82) is 0 Å². The van der Waals surface area contributed by atoms with E-state index in [4.69, 9.17) is 14.2 Å². The molecular formula is C38H45F5O6. The van der Waals surface area contributed by atoms with Crippen molar-refractivity contribution in [3.8, 4) is 11.8 Å². The van der Waals surface area contributed by atoms with Gasteiger partial charge in [0.05, 0.1) is 25.4 Å². The summed E-state index contributed by atoms with van der Waals surface area (Å²) in [6.45, 7) is 8.36. The number of carbonyl (C=O) groups is 1. The van der Waals surface area contributed by atoms with Gasteiger partial charge in [-0.3, -0.25) is 0 Å². The Morgan fingerprint density at radius 2 is 1.69 bits per heavy atom. The molecule has 268 valence electrons. The first kappa shape index (κ1) is 36.0. The number of rotatable bonds is 4. The van der Waals surface area contributed by atoms with Crippen molar-refractivity contribution < 1.29 is 51.2 Å². The second-order valence-electron chi connectivity index (χ2n) is 15.7. The zero-order valence-electron chi connectivity index (χ0n) is 28.4. The van der Waals surface area contributed by atoms with E-state index in [1.54, 1.807) is 31.2 Å². The smallest absolute Gasteiger partial charge is 0.456 e. The maximum absolute atomic E-state index is 15.4. The van der Waals surface area contributed by atoms with Gasteiger partial charge in [-0.1, -0.05) is 50.3 Å². The number of allylic oxidation sites excluding steroid dienone is 2. The number of benzene rings is 1. The Balaban J connectivity index is 1.40. The highest BCUT2D eigenvalue weighted by Gasteiger charge is 2.79. The lowest BCUT2D eigenvalue weighted by Crippen LogP contribution is -2.65. The molecule has 4 aliphatic carbocycles. The number of aliphatic hydroxyl groups is 2. The van der Waals surface area contributed by atoms with Crippen LogP contribution in [0.5, 0.6) is 0 Å². The predicted molar refractivity (Wildman–Crippen MR) is 170 cm³/mol. The van der Waals surface area contributed by atoms with E-state index in [1.165, 1.54) is 19.1 Å². The number of fused-ring (bicyclic) bond motifs is 4. The highest BCUT2D eigenvalue weighted by atomic mass is 19.4. The summed E-state index contributed by atoms with van der Waals surface area (Å²) in [6.07, 6.45) is -2.37. The molecule has 1 spiro atoms. The predicted octanol–water partition coefficient (Wildman–Crippen LogP) is 7.38. The van der Waals surface area contributed by atoms with E-state index in [2.05, 4.69) is 11.8 Å². The molecule has 6 rings (SSSR count). The van der Waals surface area contributed by atoms with Gasteiger partial charge in [-0.15, -0.1) is 0 Å². The van der Waals surface area contributed by atoms with E-state index in [9.17, 15) is 28.2 Å². The summed E-state index contributed by atoms with van der Waals surface area (Å²) in [5.74, 6) is -2.76. The molecule has 5 aliphatic rings. The molecule has 0 amide bonds. The van der Waals surface area contributed by atoms with E-state index in [0.717, 1.165) is 11.1 Å². The number of ether oxygens (including phenoxy) is 3. The number of hydrogen-bond acceptors (Lipinski definition) is 6. The molecule has 4 fully saturated rings. The molecule has 1 aromatic rings. The minimum Gasteiger partial charge on any atom is -0.463 e. The number of carbonyl (C=O) groups excluding carboxylic acids is 1. The van der Waals surface area contributed by atoms with Crippen LogP contribution in [0.4, 0.5) is 22.0 Å². The summed E-state index contributed by atoms with van der Waals surface area (Å²) < 4.78 is 89.9. The molecule has 1 aromatic carbocycles. The summed E-state index contributed by atoms with van der Waals surface area (Å²) in [6, 6.07) is 7.02. The summed E-state index contributed by atoms with van der Waals surface area (Å²) in [5.41, 5.74) is -3.57. The van der Waals surface area contributed by atoms with Crippen molar-refractivity contribution in [3.63, 3.8) is 0 Å². The molecule has 3 saturated carbocycles. The molecule has 1 heterocycles. The Labute approximate surface area is 284 Å². The van der Waals surface area contributed by atoms with Gasteiger partial charge in [0.15, 0.2) is 5.79 Å². The molecule has 0 radical (unpaired) electrons. The fourth-order valence-electron chi connectivity index (χ4n) is 9.53. The zero-order valence-corrected chi connectivity index (χ0v) is 28.4. The number of hydrogen-bond donors (Lipinski definition) is 2. The van der Waals surface area contributed by atoms with E-state index in [0.29, 0.717) is 43.6 Å². The van der Waals surface area contributed by atoms with Crippen LogP contribution in [0, 0.1) is 34.5 Å². The standard InChI is InChI=1S/C38H45F5O6/c1-5-47-30(44)9-7-6-8-24-10-12-25(13-11-24)27-20-33(4)28(16-19-36(33,46)37(39,40)38(41,42)43)26-14-17-34(45)21-35(18-15-29(34)31(26)27)48-22-32(2,3)23-49-35/h7,9-13,26-28,45-46H,5,14-23H2,1-4H3/b9-7+/t26-,27+,28-,33-,34+,36-/m0/s1. The van der Waals surface area contributed by atoms with Crippen molar-refractivity contribution in [1.82, 2.24) is 0 Å². The van der Waals surface area contributed by atoms with Crippen LogP contribution in [-0.2, 0) is 19.0 Å². The topological polar surface area (TPSA) is 85.2 Å². The third kappa shape index (κ3) is 5.94. The lowest BCUT2D eigenvalue weighted by molar-refractivity contribution is -0.362. The van der Waals surface area contributed by atoms with Crippen molar-refractivity contribution in [2.75, 3.05) is 19.8 Å². The maximum Gasteiger partial charge on any atom is 0.456 e. The van der Waals surface area contributed by atoms with Gasteiger partial charge in [-0.05, 0) is 86.6 Å². The summed E-state index contributed by atoms with van der Waals surface area (Å²) in [5, 5.41) is 23.9. The largest absolute Gasteiger partial charge is 0.463 e. The molecule has 0 unspecified atom stereocenters. The first-order valence-electron chi connectivity index (χ1n) is 17.2. The Bertz CT molecular complexity index is 1580. The molecular weight excluding hydrogens is 647 g/mol. The van der Waals surface area contributed by atoms with Gasteiger partial charge >= 0.3 is 18.1 Å². The Kier molecular flexibility index (Phi) is 8.95. The molecule has 49 heavy (non-hydrogen) atoms. The maximum atomic E-state index is 15.4. The second kappa shape index (κ2) is 12.2. The Morgan fingerprint density at radius 1 is 1.02 bits per heavy atom. The third-order valence-electron chi connectivity index (χ3n) is 12.0. The van der Waals surface area contributed by atoms with Crippen molar-refractivity contribution in [3.05, 3.63) is 58.7 Å². The van der Waals surface area contributed by atoms with Gasteiger partial charge in [-0.25, -0.2) is 4.79 Å². The highest BCUT2D eigenvalue weighted by molar-refractivity contribution is 5.82. The summed E-state index contributed by atoms with van der Waals surface area (Å²) in [4.78, 5) is 11.6. The molecule has 1 saturated heterocycles. The van der Waals surface area contributed by atoms with Crippen LogP contribution in [0.2, 0.25) is 0 Å². The number of esters is 1. The monoisotopic (exact) mass is 692 g/mol. The average Bonchev–Trinajstić information content (AvgIpc) is 3.31. The van der Waals surface area contributed by atoms with Crippen molar-refractivity contribution in [2.45, 2.75) is 114 Å².